The second-order valence-electron chi connectivity index (χ2n) is 4.89. The summed E-state index contributed by atoms with van der Waals surface area (Å²) in [7, 11) is 0. The number of hydrogen-bond acceptors (Lipinski definition) is 4. The van der Waals surface area contributed by atoms with E-state index in [-0.39, 0.29) is 11.1 Å². The highest BCUT2D eigenvalue weighted by molar-refractivity contribution is 5.85. The Labute approximate surface area is 106 Å². The molecule has 0 aliphatic heterocycles. The zero-order valence-corrected chi connectivity index (χ0v) is 10.6. The van der Waals surface area contributed by atoms with Gasteiger partial charge in [0.2, 0.25) is 0 Å². The first-order valence-electron chi connectivity index (χ1n) is 5.76. The molecule has 2 N–H and O–H groups in total. The summed E-state index contributed by atoms with van der Waals surface area (Å²) in [5.41, 5.74) is -0.00812. The van der Waals surface area contributed by atoms with Gasteiger partial charge in [0, 0.05) is 13.0 Å². The van der Waals surface area contributed by atoms with Crippen LogP contribution in [0.4, 0.5) is 5.82 Å². The van der Waals surface area contributed by atoms with Gasteiger partial charge < -0.3 is 10.4 Å². The number of carbonyl (C=O) groups is 1. The highest BCUT2D eigenvalue weighted by atomic mass is 16.4. The average molecular weight is 247 g/mol. The van der Waals surface area contributed by atoms with Crippen molar-refractivity contribution < 1.29 is 9.90 Å². The Balaban J connectivity index is 2.61. The van der Waals surface area contributed by atoms with Gasteiger partial charge in [-0.3, -0.25) is 0 Å². The molecule has 0 aliphatic rings. The molecule has 1 aromatic rings. The van der Waals surface area contributed by atoms with E-state index >= 15 is 0 Å². The molecular weight excluding hydrogens is 230 g/mol. The highest BCUT2D eigenvalue weighted by Crippen LogP contribution is 2.22. The van der Waals surface area contributed by atoms with E-state index in [0.717, 1.165) is 6.42 Å². The lowest BCUT2D eigenvalue weighted by Gasteiger charge is -2.24. The molecule has 0 atom stereocenters. The Hall–Kier alpha value is -2.09. The Morgan fingerprint density at radius 2 is 2.28 bits per heavy atom. The Bertz CT molecular complexity index is 464. The SMILES string of the molecule is CC(C)(CCC#N)CNc1cccc(C(=O)O)n1. The summed E-state index contributed by atoms with van der Waals surface area (Å²) in [5, 5.41) is 20.5. The van der Waals surface area contributed by atoms with Crippen molar-refractivity contribution in [1.29, 1.82) is 5.26 Å². The summed E-state index contributed by atoms with van der Waals surface area (Å²) in [6.07, 6.45) is 1.30. The van der Waals surface area contributed by atoms with Gasteiger partial charge >= 0.3 is 5.97 Å². The molecule has 1 rings (SSSR count). The highest BCUT2D eigenvalue weighted by Gasteiger charge is 2.17. The number of nitrogens with one attached hydrogen (secondary N) is 1. The molecule has 0 aliphatic carbocycles. The fraction of sp³-hybridized carbons (Fsp3) is 0.462. The van der Waals surface area contributed by atoms with E-state index in [1.54, 1.807) is 12.1 Å². The van der Waals surface area contributed by atoms with Gasteiger partial charge in [-0.2, -0.15) is 5.26 Å². The van der Waals surface area contributed by atoms with Gasteiger partial charge in [-0.1, -0.05) is 19.9 Å². The fourth-order valence-electron chi connectivity index (χ4n) is 1.46. The van der Waals surface area contributed by atoms with Crippen LogP contribution in [0.1, 0.15) is 37.2 Å². The first-order valence-corrected chi connectivity index (χ1v) is 5.76. The molecule has 0 radical (unpaired) electrons. The van der Waals surface area contributed by atoms with Crippen molar-refractivity contribution in [3.63, 3.8) is 0 Å². The topological polar surface area (TPSA) is 86.0 Å². The monoisotopic (exact) mass is 247 g/mol. The smallest absolute Gasteiger partial charge is 0.354 e. The maximum atomic E-state index is 10.8. The van der Waals surface area contributed by atoms with Crippen LogP contribution < -0.4 is 5.32 Å². The van der Waals surface area contributed by atoms with Crippen molar-refractivity contribution in [2.45, 2.75) is 26.7 Å². The van der Waals surface area contributed by atoms with Crippen LogP contribution in [0.2, 0.25) is 0 Å². The fourth-order valence-corrected chi connectivity index (χ4v) is 1.46. The van der Waals surface area contributed by atoms with E-state index in [4.69, 9.17) is 10.4 Å². The number of rotatable bonds is 6. The molecule has 96 valence electrons. The lowest BCUT2D eigenvalue weighted by molar-refractivity contribution is 0.0690. The normalized spacial score (nSPS) is 10.7. The summed E-state index contributed by atoms with van der Waals surface area (Å²) in [6, 6.07) is 6.96. The van der Waals surface area contributed by atoms with Crippen molar-refractivity contribution in [2.75, 3.05) is 11.9 Å². The van der Waals surface area contributed by atoms with Crippen LogP contribution >= 0.6 is 0 Å². The number of pyridine rings is 1. The molecule has 0 bridgehead atoms. The van der Waals surface area contributed by atoms with Crippen LogP contribution in [0.25, 0.3) is 0 Å². The standard InChI is InChI=1S/C13H17N3O2/c1-13(2,7-4-8-14)9-15-11-6-3-5-10(16-11)12(17)18/h3,5-6H,4,7,9H2,1-2H3,(H,15,16)(H,17,18). The molecule has 1 aromatic heterocycles. The van der Waals surface area contributed by atoms with Crippen LogP contribution in [0.15, 0.2) is 18.2 Å². The van der Waals surface area contributed by atoms with Crippen molar-refractivity contribution >= 4 is 11.8 Å². The van der Waals surface area contributed by atoms with Crippen LogP contribution in [0.5, 0.6) is 0 Å². The van der Waals surface area contributed by atoms with Crippen molar-refractivity contribution in [1.82, 2.24) is 4.98 Å². The summed E-state index contributed by atoms with van der Waals surface area (Å²) in [5.74, 6) is -0.498. The Kier molecular flexibility index (Phi) is 4.67. The van der Waals surface area contributed by atoms with Gasteiger partial charge in [-0.05, 0) is 24.0 Å². The minimum absolute atomic E-state index is 0.0230. The number of aromatic nitrogens is 1. The maximum absolute atomic E-state index is 10.8. The van der Waals surface area contributed by atoms with Gasteiger partial charge in [0.1, 0.15) is 5.82 Å². The lowest BCUT2D eigenvalue weighted by Crippen LogP contribution is -2.23. The average Bonchev–Trinajstić information content (AvgIpc) is 2.34. The minimum Gasteiger partial charge on any atom is -0.477 e. The molecule has 1 heterocycles. The predicted octanol–water partition coefficient (Wildman–Crippen LogP) is 2.52. The summed E-state index contributed by atoms with van der Waals surface area (Å²) < 4.78 is 0. The molecule has 18 heavy (non-hydrogen) atoms. The summed E-state index contributed by atoms with van der Waals surface area (Å²) in [4.78, 5) is 14.7. The maximum Gasteiger partial charge on any atom is 0.354 e. The molecule has 0 fully saturated rings. The zero-order chi connectivity index (χ0) is 13.6. The van der Waals surface area contributed by atoms with E-state index in [1.807, 2.05) is 0 Å². The third-order valence-electron chi connectivity index (χ3n) is 2.63. The third kappa shape index (κ3) is 4.42. The first kappa shape index (κ1) is 14.0. The van der Waals surface area contributed by atoms with E-state index in [0.29, 0.717) is 18.8 Å². The molecule has 0 aromatic carbocycles. The Morgan fingerprint density at radius 3 is 2.89 bits per heavy atom. The van der Waals surface area contributed by atoms with Gasteiger partial charge in [-0.15, -0.1) is 0 Å². The number of carboxylic acids is 1. The van der Waals surface area contributed by atoms with E-state index in [9.17, 15) is 4.79 Å². The second kappa shape index (κ2) is 6.01. The molecule has 5 nitrogen and oxygen atoms in total. The number of hydrogen-bond donors (Lipinski definition) is 2. The number of nitriles is 1. The zero-order valence-electron chi connectivity index (χ0n) is 10.6. The largest absolute Gasteiger partial charge is 0.477 e. The molecule has 0 amide bonds. The Morgan fingerprint density at radius 1 is 1.56 bits per heavy atom. The predicted molar refractivity (Wildman–Crippen MR) is 68.3 cm³/mol. The van der Waals surface area contributed by atoms with Gasteiger partial charge in [0.25, 0.3) is 0 Å². The number of carboxylic acid groups (broad SMARTS) is 1. The molecule has 5 heteroatoms. The summed E-state index contributed by atoms with van der Waals surface area (Å²) >= 11 is 0. The number of anilines is 1. The molecule has 0 spiro atoms. The van der Waals surface area contributed by atoms with E-state index < -0.39 is 5.97 Å². The number of nitrogens with zero attached hydrogens (tertiary/aromatic N) is 2. The van der Waals surface area contributed by atoms with Gasteiger partial charge in [-0.25, -0.2) is 9.78 Å². The van der Waals surface area contributed by atoms with Crippen molar-refractivity contribution in [3.05, 3.63) is 23.9 Å². The van der Waals surface area contributed by atoms with Gasteiger partial charge in [0.05, 0.1) is 6.07 Å². The minimum atomic E-state index is -1.04. The molecule has 0 saturated heterocycles. The quantitative estimate of drug-likeness (QED) is 0.806. The number of aromatic carboxylic acids is 1. The van der Waals surface area contributed by atoms with Crippen molar-refractivity contribution in [2.24, 2.45) is 5.41 Å². The molecule has 0 saturated carbocycles. The van der Waals surface area contributed by atoms with E-state index in [2.05, 4.69) is 30.2 Å². The van der Waals surface area contributed by atoms with Crippen molar-refractivity contribution in [3.8, 4) is 6.07 Å². The lowest BCUT2D eigenvalue weighted by atomic mass is 9.88. The third-order valence-corrected chi connectivity index (χ3v) is 2.63. The van der Waals surface area contributed by atoms with Crippen LogP contribution in [-0.4, -0.2) is 22.6 Å². The van der Waals surface area contributed by atoms with Crippen LogP contribution in [-0.2, 0) is 0 Å². The van der Waals surface area contributed by atoms with Crippen LogP contribution in [0.3, 0.4) is 0 Å². The van der Waals surface area contributed by atoms with Gasteiger partial charge in [0.15, 0.2) is 5.69 Å². The molecular formula is C13H17N3O2. The second-order valence-corrected chi connectivity index (χ2v) is 4.89. The molecule has 0 unspecified atom stereocenters. The van der Waals surface area contributed by atoms with Crippen LogP contribution in [0, 0.1) is 16.7 Å². The van der Waals surface area contributed by atoms with E-state index in [1.165, 1.54) is 6.07 Å². The summed E-state index contributed by atoms with van der Waals surface area (Å²) in [6.45, 7) is 4.75. The first-order chi connectivity index (χ1) is 8.44.